The Morgan fingerprint density at radius 2 is 1.70 bits per heavy atom. The number of carbonyl (C=O) groups excluding carboxylic acids is 2. The second-order valence-corrected chi connectivity index (χ2v) is 7.50. The van der Waals surface area contributed by atoms with E-state index >= 15 is 0 Å². The Labute approximate surface area is 126 Å². The van der Waals surface area contributed by atoms with Crippen LogP contribution in [0.4, 0.5) is 4.79 Å². The van der Waals surface area contributed by atoms with Crippen molar-refractivity contribution in [3.05, 3.63) is 0 Å². The fourth-order valence-corrected chi connectivity index (χ4v) is 1.89. The lowest BCUT2D eigenvalue weighted by Gasteiger charge is -2.24. The van der Waals surface area contributed by atoms with E-state index in [1.807, 2.05) is 0 Å². The van der Waals surface area contributed by atoms with Crippen molar-refractivity contribution in [3.8, 4) is 0 Å². The molecule has 0 saturated heterocycles. The molecule has 0 aliphatic rings. The van der Waals surface area contributed by atoms with Crippen molar-refractivity contribution in [2.45, 2.75) is 65.1 Å². The third-order valence-corrected chi connectivity index (χ3v) is 2.95. The van der Waals surface area contributed by atoms with Crippen LogP contribution in [0.15, 0.2) is 0 Å². The summed E-state index contributed by atoms with van der Waals surface area (Å²) in [6.07, 6.45) is 1.69. The minimum absolute atomic E-state index is 0.0150. The maximum Gasteiger partial charge on any atom is 0.408 e. The molecule has 118 valence electrons. The molecule has 20 heavy (non-hydrogen) atoms. The molecule has 2 N–H and O–H groups in total. The summed E-state index contributed by atoms with van der Waals surface area (Å²) in [4.78, 5) is 23.6. The Hall–Kier alpha value is -0.750. The largest absolute Gasteiger partial charge is 0.444 e. The SMILES string of the molecule is CSC(=O)C(CCNC(C)(C)C)NC(=O)OC(C)(C)C. The van der Waals surface area contributed by atoms with Gasteiger partial charge in [0.1, 0.15) is 11.6 Å². The second-order valence-electron chi connectivity index (χ2n) is 6.69. The van der Waals surface area contributed by atoms with Crippen molar-refractivity contribution in [2.24, 2.45) is 0 Å². The lowest BCUT2D eigenvalue weighted by Crippen LogP contribution is -2.45. The Morgan fingerprint density at radius 1 is 1.15 bits per heavy atom. The van der Waals surface area contributed by atoms with Crippen LogP contribution in [0.5, 0.6) is 0 Å². The van der Waals surface area contributed by atoms with Crippen LogP contribution in [0.3, 0.4) is 0 Å². The van der Waals surface area contributed by atoms with E-state index in [9.17, 15) is 9.59 Å². The molecule has 1 atom stereocenters. The van der Waals surface area contributed by atoms with Crippen LogP contribution >= 0.6 is 11.8 Å². The monoisotopic (exact) mass is 304 g/mol. The number of alkyl carbamates (subject to hydrolysis) is 1. The van der Waals surface area contributed by atoms with Crippen molar-refractivity contribution in [3.63, 3.8) is 0 Å². The van der Waals surface area contributed by atoms with Crippen LogP contribution in [0.2, 0.25) is 0 Å². The van der Waals surface area contributed by atoms with Crippen molar-refractivity contribution in [1.82, 2.24) is 10.6 Å². The van der Waals surface area contributed by atoms with Crippen LogP contribution < -0.4 is 10.6 Å². The zero-order valence-electron chi connectivity index (χ0n) is 13.6. The molecule has 0 radical (unpaired) electrons. The van der Waals surface area contributed by atoms with E-state index in [0.717, 1.165) is 11.8 Å². The molecule has 0 saturated carbocycles. The van der Waals surface area contributed by atoms with E-state index < -0.39 is 17.7 Å². The Bertz CT molecular complexity index is 332. The molecule has 0 fully saturated rings. The highest BCUT2D eigenvalue weighted by atomic mass is 32.2. The Morgan fingerprint density at radius 3 is 2.10 bits per heavy atom. The van der Waals surface area contributed by atoms with Gasteiger partial charge in [0.25, 0.3) is 0 Å². The van der Waals surface area contributed by atoms with E-state index in [1.54, 1.807) is 27.0 Å². The van der Waals surface area contributed by atoms with Gasteiger partial charge < -0.3 is 15.4 Å². The molecule has 0 bridgehead atoms. The lowest BCUT2D eigenvalue weighted by molar-refractivity contribution is -0.113. The summed E-state index contributed by atoms with van der Waals surface area (Å²) in [5.41, 5.74) is -0.584. The van der Waals surface area contributed by atoms with Crippen LogP contribution in [0, 0.1) is 0 Å². The number of hydrogen-bond donors (Lipinski definition) is 2. The van der Waals surface area contributed by atoms with Gasteiger partial charge in [-0.1, -0.05) is 11.8 Å². The predicted molar refractivity (Wildman–Crippen MR) is 84.1 cm³/mol. The van der Waals surface area contributed by atoms with Crippen molar-refractivity contribution >= 4 is 23.0 Å². The van der Waals surface area contributed by atoms with Gasteiger partial charge in [-0.05, 0) is 60.8 Å². The molecule has 0 aromatic carbocycles. The van der Waals surface area contributed by atoms with Gasteiger partial charge in [0.15, 0.2) is 0 Å². The van der Waals surface area contributed by atoms with Gasteiger partial charge in [-0.3, -0.25) is 4.79 Å². The Kier molecular flexibility index (Phi) is 7.59. The first-order valence-electron chi connectivity index (χ1n) is 6.77. The topological polar surface area (TPSA) is 67.4 Å². The number of thioether (sulfide) groups is 1. The third kappa shape index (κ3) is 10.1. The average Bonchev–Trinajstić information content (AvgIpc) is 2.22. The van der Waals surface area contributed by atoms with Crippen LogP contribution in [-0.2, 0) is 9.53 Å². The maximum atomic E-state index is 11.8. The van der Waals surface area contributed by atoms with E-state index in [0.29, 0.717) is 13.0 Å². The molecule has 1 unspecified atom stereocenters. The zero-order chi connectivity index (χ0) is 16.0. The molecular formula is C14H28N2O3S. The van der Waals surface area contributed by atoms with Crippen molar-refractivity contribution in [2.75, 3.05) is 12.8 Å². The van der Waals surface area contributed by atoms with E-state index in [-0.39, 0.29) is 10.7 Å². The summed E-state index contributed by atoms with van der Waals surface area (Å²) >= 11 is 1.11. The van der Waals surface area contributed by atoms with E-state index in [4.69, 9.17) is 4.74 Å². The lowest BCUT2D eigenvalue weighted by atomic mass is 10.1. The fraction of sp³-hybridized carbons (Fsp3) is 0.857. The van der Waals surface area contributed by atoms with Gasteiger partial charge in [-0.25, -0.2) is 4.79 Å². The maximum absolute atomic E-state index is 11.8. The molecule has 5 nitrogen and oxygen atoms in total. The molecule has 6 heteroatoms. The van der Waals surface area contributed by atoms with E-state index in [1.165, 1.54) is 0 Å². The molecule has 0 aromatic heterocycles. The fourth-order valence-electron chi connectivity index (χ4n) is 1.43. The molecular weight excluding hydrogens is 276 g/mol. The molecule has 0 rings (SSSR count). The van der Waals surface area contributed by atoms with Crippen LogP contribution in [0.1, 0.15) is 48.0 Å². The highest BCUT2D eigenvalue weighted by Gasteiger charge is 2.24. The number of nitrogens with one attached hydrogen (secondary N) is 2. The summed E-state index contributed by atoms with van der Waals surface area (Å²) in [5, 5.41) is 5.87. The number of hydrogen-bond acceptors (Lipinski definition) is 5. The minimum Gasteiger partial charge on any atom is -0.444 e. The standard InChI is InChI=1S/C14H28N2O3S/c1-13(2,3)15-9-8-10(11(17)20-7)16-12(18)19-14(4,5)6/h10,15H,8-9H2,1-7H3,(H,16,18). The molecule has 1 amide bonds. The van der Waals surface area contributed by atoms with Gasteiger partial charge in [0, 0.05) is 5.54 Å². The van der Waals surface area contributed by atoms with Gasteiger partial charge in [-0.2, -0.15) is 0 Å². The summed E-state index contributed by atoms with van der Waals surface area (Å²) in [5.74, 6) is 0. The van der Waals surface area contributed by atoms with Gasteiger partial charge in [-0.15, -0.1) is 0 Å². The van der Waals surface area contributed by atoms with Crippen molar-refractivity contribution in [1.29, 1.82) is 0 Å². The van der Waals surface area contributed by atoms with Crippen molar-refractivity contribution < 1.29 is 14.3 Å². The van der Waals surface area contributed by atoms with Gasteiger partial charge >= 0.3 is 6.09 Å². The quantitative estimate of drug-likeness (QED) is 0.817. The highest BCUT2D eigenvalue weighted by molar-refractivity contribution is 8.13. The summed E-state index contributed by atoms with van der Waals surface area (Å²) in [6.45, 7) is 12.2. The number of amides is 1. The summed E-state index contributed by atoms with van der Waals surface area (Å²) < 4.78 is 5.18. The first-order chi connectivity index (χ1) is 8.94. The molecule has 0 spiro atoms. The predicted octanol–water partition coefficient (Wildman–Crippen LogP) is 2.55. The molecule has 0 aliphatic heterocycles. The van der Waals surface area contributed by atoms with E-state index in [2.05, 4.69) is 31.4 Å². The minimum atomic E-state index is -0.569. The molecule has 0 heterocycles. The van der Waals surface area contributed by atoms with Gasteiger partial charge in [0.2, 0.25) is 5.12 Å². The third-order valence-electron chi connectivity index (χ3n) is 2.27. The normalized spacial score (nSPS) is 13.8. The summed E-state index contributed by atoms with van der Waals surface area (Å²) in [7, 11) is 0. The number of ether oxygens (including phenoxy) is 1. The van der Waals surface area contributed by atoms with Crippen LogP contribution in [0.25, 0.3) is 0 Å². The molecule has 0 aromatic rings. The Balaban J connectivity index is 4.43. The van der Waals surface area contributed by atoms with Gasteiger partial charge in [0.05, 0.1) is 0 Å². The molecule has 0 aliphatic carbocycles. The smallest absolute Gasteiger partial charge is 0.408 e. The highest BCUT2D eigenvalue weighted by Crippen LogP contribution is 2.10. The number of rotatable bonds is 5. The average molecular weight is 304 g/mol. The summed E-state index contributed by atoms with van der Waals surface area (Å²) in [6, 6.07) is -0.533. The first kappa shape index (κ1) is 19.2. The zero-order valence-corrected chi connectivity index (χ0v) is 14.4. The van der Waals surface area contributed by atoms with Crippen LogP contribution in [-0.4, -0.2) is 41.2 Å². The second kappa shape index (κ2) is 7.88. The number of carbonyl (C=O) groups is 2. The first-order valence-corrected chi connectivity index (χ1v) is 7.99.